The van der Waals surface area contributed by atoms with Crippen LogP contribution in [-0.4, -0.2) is 4.57 Å². The summed E-state index contributed by atoms with van der Waals surface area (Å²) in [5.41, 5.74) is 15.5. The minimum Gasteiger partial charge on any atom is -0.456 e. The molecule has 0 aliphatic carbocycles. The Morgan fingerprint density at radius 1 is 0.333 bits per heavy atom. The lowest BCUT2D eigenvalue weighted by Gasteiger charge is -2.28. The number of nitrogens with zero attached hydrogens (tertiary/aromatic N) is 2. The monoisotopic (exact) mass is 728 g/mol. The van der Waals surface area contributed by atoms with E-state index in [2.05, 4.69) is 216 Å². The molecule has 2 heterocycles. The Bertz CT molecular complexity index is 3190. The second kappa shape index (κ2) is 13.6. The molecule has 0 saturated heterocycles. The first-order chi connectivity index (χ1) is 28.3. The van der Waals surface area contributed by atoms with Crippen LogP contribution in [0, 0.1) is 0 Å². The molecule has 9 aromatic carbocycles. The molecule has 0 fully saturated rings. The molecule has 0 atom stereocenters. The molecule has 0 saturated carbocycles. The highest BCUT2D eigenvalue weighted by Crippen LogP contribution is 2.43. The van der Waals surface area contributed by atoms with Gasteiger partial charge >= 0.3 is 0 Å². The SMILES string of the molecule is c1ccc(-c2ccccc2N(c2ccc(-c3ccccc3-n3c4ccccc4c4ccccc43)cc2)c2cccc(-c3ccc4c(c3)oc3ccccc34)c2)cc1. The van der Waals surface area contributed by atoms with E-state index >= 15 is 0 Å². The second-order valence-corrected chi connectivity index (χ2v) is 14.5. The van der Waals surface area contributed by atoms with Gasteiger partial charge < -0.3 is 13.9 Å². The molecule has 3 heteroatoms. The van der Waals surface area contributed by atoms with E-state index in [1.165, 1.54) is 32.9 Å². The van der Waals surface area contributed by atoms with E-state index in [-0.39, 0.29) is 0 Å². The number of para-hydroxylation sites is 5. The fourth-order valence-corrected chi connectivity index (χ4v) is 8.57. The van der Waals surface area contributed by atoms with Gasteiger partial charge in [0.1, 0.15) is 11.2 Å². The smallest absolute Gasteiger partial charge is 0.136 e. The van der Waals surface area contributed by atoms with Gasteiger partial charge in [0.15, 0.2) is 0 Å². The molecule has 11 aromatic rings. The van der Waals surface area contributed by atoms with E-state index in [0.717, 1.165) is 66.9 Å². The van der Waals surface area contributed by atoms with Crippen LogP contribution in [0.25, 0.3) is 82.8 Å². The molecule has 0 spiro atoms. The molecule has 0 radical (unpaired) electrons. The Morgan fingerprint density at radius 3 is 1.68 bits per heavy atom. The van der Waals surface area contributed by atoms with E-state index in [1.807, 2.05) is 12.1 Å². The first kappa shape index (κ1) is 32.8. The van der Waals surface area contributed by atoms with Crippen LogP contribution in [0.3, 0.4) is 0 Å². The summed E-state index contributed by atoms with van der Waals surface area (Å²) in [6.45, 7) is 0. The van der Waals surface area contributed by atoms with Gasteiger partial charge in [-0.3, -0.25) is 0 Å². The van der Waals surface area contributed by atoms with Crippen LogP contribution >= 0.6 is 0 Å². The van der Waals surface area contributed by atoms with E-state index in [4.69, 9.17) is 4.42 Å². The average Bonchev–Trinajstić information content (AvgIpc) is 3.83. The molecule has 2 aromatic heterocycles. The second-order valence-electron chi connectivity index (χ2n) is 14.5. The molecular formula is C54H36N2O. The van der Waals surface area contributed by atoms with E-state index in [1.54, 1.807) is 0 Å². The van der Waals surface area contributed by atoms with Crippen molar-refractivity contribution in [2.24, 2.45) is 0 Å². The van der Waals surface area contributed by atoms with Gasteiger partial charge in [0.05, 0.1) is 22.4 Å². The zero-order valence-corrected chi connectivity index (χ0v) is 31.1. The third-order valence-corrected chi connectivity index (χ3v) is 11.2. The number of benzene rings is 9. The average molecular weight is 729 g/mol. The Kier molecular flexibility index (Phi) is 7.82. The van der Waals surface area contributed by atoms with Crippen LogP contribution < -0.4 is 4.90 Å². The quantitative estimate of drug-likeness (QED) is 0.163. The van der Waals surface area contributed by atoms with Crippen molar-refractivity contribution in [3.63, 3.8) is 0 Å². The normalized spacial score (nSPS) is 11.5. The summed E-state index contributed by atoms with van der Waals surface area (Å²) >= 11 is 0. The first-order valence-electron chi connectivity index (χ1n) is 19.4. The fourth-order valence-electron chi connectivity index (χ4n) is 8.57. The zero-order valence-electron chi connectivity index (χ0n) is 31.1. The molecule has 57 heavy (non-hydrogen) atoms. The van der Waals surface area contributed by atoms with Crippen LogP contribution in [0.15, 0.2) is 223 Å². The van der Waals surface area contributed by atoms with Gasteiger partial charge in [-0.1, -0.05) is 152 Å². The minimum absolute atomic E-state index is 0.891. The number of furan rings is 1. The molecule has 0 aliphatic rings. The standard InChI is InChI=1S/C54H36N2O/c1-2-15-37(16-3-1)43-19-4-9-24-49(43)55(42-18-14-17-39(35-42)40-31-34-48-47-23-8-13-28-53(47)57-54(48)36-40)41-32-29-38(30-33-41)44-20-5-10-25-50(44)56-51-26-11-6-21-45(51)46-22-7-12-27-52(46)56/h1-36H. The molecule has 268 valence electrons. The van der Waals surface area contributed by atoms with Crippen molar-refractivity contribution < 1.29 is 4.42 Å². The Labute approximate surface area is 330 Å². The predicted molar refractivity (Wildman–Crippen MR) is 239 cm³/mol. The summed E-state index contributed by atoms with van der Waals surface area (Å²) in [5, 5.41) is 4.78. The highest BCUT2D eigenvalue weighted by molar-refractivity contribution is 6.10. The summed E-state index contributed by atoms with van der Waals surface area (Å²) in [6, 6.07) is 78.1. The number of rotatable bonds is 7. The maximum atomic E-state index is 6.31. The van der Waals surface area contributed by atoms with E-state index in [9.17, 15) is 0 Å². The maximum Gasteiger partial charge on any atom is 0.136 e. The molecule has 0 N–H and O–H groups in total. The number of fused-ring (bicyclic) bond motifs is 6. The molecular weight excluding hydrogens is 693 g/mol. The summed E-state index contributed by atoms with van der Waals surface area (Å²) in [6.07, 6.45) is 0. The van der Waals surface area contributed by atoms with Crippen molar-refractivity contribution >= 4 is 60.8 Å². The Hall–Kier alpha value is -7.62. The molecule has 0 bridgehead atoms. The van der Waals surface area contributed by atoms with Gasteiger partial charge in [0.2, 0.25) is 0 Å². The molecule has 11 rings (SSSR count). The minimum atomic E-state index is 0.891. The number of aromatic nitrogens is 1. The van der Waals surface area contributed by atoms with Crippen molar-refractivity contribution in [2.75, 3.05) is 4.90 Å². The van der Waals surface area contributed by atoms with Gasteiger partial charge in [-0.05, 0) is 89.0 Å². The third kappa shape index (κ3) is 5.60. The van der Waals surface area contributed by atoms with Crippen molar-refractivity contribution in [2.45, 2.75) is 0 Å². The topological polar surface area (TPSA) is 21.3 Å². The van der Waals surface area contributed by atoms with Gasteiger partial charge in [-0.15, -0.1) is 0 Å². The van der Waals surface area contributed by atoms with Crippen LogP contribution in [0.5, 0.6) is 0 Å². The summed E-state index contributed by atoms with van der Waals surface area (Å²) < 4.78 is 8.71. The van der Waals surface area contributed by atoms with Crippen molar-refractivity contribution in [3.05, 3.63) is 218 Å². The van der Waals surface area contributed by atoms with E-state index in [0.29, 0.717) is 0 Å². The van der Waals surface area contributed by atoms with Crippen LogP contribution in [-0.2, 0) is 0 Å². The molecule has 0 aliphatic heterocycles. The molecule has 0 unspecified atom stereocenters. The highest BCUT2D eigenvalue weighted by atomic mass is 16.3. The van der Waals surface area contributed by atoms with Gasteiger partial charge in [-0.25, -0.2) is 0 Å². The molecule has 3 nitrogen and oxygen atoms in total. The van der Waals surface area contributed by atoms with E-state index < -0.39 is 0 Å². The largest absolute Gasteiger partial charge is 0.456 e. The summed E-state index contributed by atoms with van der Waals surface area (Å²) in [5.74, 6) is 0. The lowest BCUT2D eigenvalue weighted by Crippen LogP contribution is -2.11. The lowest BCUT2D eigenvalue weighted by atomic mass is 9.99. The van der Waals surface area contributed by atoms with Gasteiger partial charge in [-0.2, -0.15) is 0 Å². The highest BCUT2D eigenvalue weighted by Gasteiger charge is 2.20. The van der Waals surface area contributed by atoms with Crippen LogP contribution in [0.4, 0.5) is 17.1 Å². The zero-order chi connectivity index (χ0) is 37.7. The van der Waals surface area contributed by atoms with Crippen LogP contribution in [0.2, 0.25) is 0 Å². The summed E-state index contributed by atoms with van der Waals surface area (Å²) in [7, 11) is 0. The number of anilines is 3. The lowest BCUT2D eigenvalue weighted by molar-refractivity contribution is 0.669. The number of hydrogen-bond acceptors (Lipinski definition) is 2. The predicted octanol–water partition coefficient (Wildman–Crippen LogP) is 15.2. The Balaban J connectivity index is 1.05. The van der Waals surface area contributed by atoms with Crippen LogP contribution in [0.1, 0.15) is 0 Å². The first-order valence-corrected chi connectivity index (χ1v) is 19.4. The third-order valence-electron chi connectivity index (χ3n) is 11.2. The molecule has 0 amide bonds. The van der Waals surface area contributed by atoms with Gasteiger partial charge in [0, 0.05) is 44.0 Å². The number of hydrogen-bond donors (Lipinski definition) is 0. The van der Waals surface area contributed by atoms with Gasteiger partial charge in [0.25, 0.3) is 0 Å². The van der Waals surface area contributed by atoms with Crippen molar-refractivity contribution in [3.8, 4) is 39.1 Å². The summed E-state index contributed by atoms with van der Waals surface area (Å²) in [4.78, 5) is 2.38. The maximum absolute atomic E-state index is 6.31. The van der Waals surface area contributed by atoms with Crippen molar-refractivity contribution in [1.82, 2.24) is 4.57 Å². The fraction of sp³-hybridized carbons (Fsp3) is 0. The Morgan fingerprint density at radius 2 is 0.895 bits per heavy atom. The van der Waals surface area contributed by atoms with Crippen molar-refractivity contribution in [1.29, 1.82) is 0 Å².